The van der Waals surface area contributed by atoms with Crippen molar-refractivity contribution in [2.24, 2.45) is 5.18 Å². The predicted octanol–water partition coefficient (Wildman–Crippen LogP) is 2.46. The molecule has 13 heavy (non-hydrogen) atoms. The number of nitroso groups, excluding NO2 is 1. The average Bonchev–Trinajstić information content (AvgIpc) is 2.03. The molecular weight excluding hydrogens is 166 g/mol. The van der Waals surface area contributed by atoms with Gasteiger partial charge in [0.05, 0.1) is 5.69 Å². The van der Waals surface area contributed by atoms with Gasteiger partial charge in [0.2, 0.25) is 0 Å². The predicted molar refractivity (Wildman–Crippen MR) is 50.0 cm³/mol. The van der Waals surface area contributed by atoms with Crippen LogP contribution in [-0.2, 0) is 5.41 Å². The molecule has 0 aromatic heterocycles. The van der Waals surface area contributed by atoms with Gasteiger partial charge in [-0.2, -0.15) is 0 Å². The van der Waals surface area contributed by atoms with Crippen LogP contribution in [0.2, 0.25) is 0 Å². The summed E-state index contributed by atoms with van der Waals surface area (Å²) in [5.74, 6) is -0.317. The Balaban J connectivity index is 3.21. The summed E-state index contributed by atoms with van der Waals surface area (Å²) < 4.78 is 0. The van der Waals surface area contributed by atoms with E-state index in [2.05, 4.69) is 5.18 Å². The minimum absolute atomic E-state index is 0.00701. The van der Waals surface area contributed by atoms with Crippen molar-refractivity contribution in [1.29, 1.82) is 0 Å². The Morgan fingerprint density at radius 1 is 1.31 bits per heavy atom. The van der Waals surface area contributed by atoms with E-state index in [1.807, 2.05) is 20.8 Å². The number of rotatable bonds is 1. The molecule has 0 heterocycles. The molecule has 1 aromatic carbocycles. The molecule has 0 saturated carbocycles. The molecule has 0 aliphatic carbocycles. The van der Waals surface area contributed by atoms with Crippen molar-refractivity contribution in [3.63, 3.8) is 0 Å². The van der Waals surface area contributed by atoms with Gasteiger partial charge in [-0.05, 0) is 22.2 Å². The molecule has 1 aromatic rings. The molecular formula is C10H12NO2-. The van der Waals surface area contributed by atoms with Gasteiger partial charge in [0, 0.05) is 0 Å². The van der Waals surface area contributed by atoms with Crippen LogP contribution in [0.3, 0.4) is 0 Å². The first kappa shape index (κ1) is 9.71. The molecule has 0 radical (unpaired) electrons. The Morgan fingerprint density at radius 3 is 2.38 bits per heavy atom. The maximum absolute atomic E-state index is 11.0. The smallest absolute Gasteiger partial charge is 0.1000 e. The topological polar surface area (TPSA) is 52.5 Å². The quantitative estimate of drug-likeness (QED) is 0.620. The second-order valence-corrected chi connectivity index (χ2v) is 4.02. The number of nitrogens with zero attached hydrogens (tertiary/aromatic N) is 1. The van der Waals surface area contributed by atoms with Gasteiger partial charge >= 0.3 is 0 Å². The van der Waals surface area contributed by atoms with Crippen LogP contribution in [0.5, 0.6) is 5.75 Å². The summed E-state index contributed by atoms with van der Waals surface area (Å²) in [6, 6.07) is 4.67. The van der Waals surface area contributed by atoms with E-state index in [9.17, 15) is 10.0 Å². The Hall–Kier alpha value is -1.38. The van der Waals surface area contributed by atoms with E-state index < -0.39 is 0 Å². The standard InChI is InChI=1S/C10H13NO2/c1-10(2,3)7-4-5-9(12)8(6-7)11-13/h4-6,12H,1-3H3/p-1. The van der Waals surface area contributed by atoms with Gasteiger partial charge in [-0.3, -0.25) is 0 Å². The maximum Gasteiger partial charge on any atom is 0.1000 e. The fourth-order valence-corrected chi connectivity index (χ4v) is 1.06. The van der Waals surface area contributed by atoms with Crippen LogP contribution in [0.25, 0.3) is 0 Å². The zero-order valence-electron chi connectivity index (χ0n) is 8.00. The van der Waals surface area contributed by atoms with Crippen molar-refractivity contribution in [2.75, 3.05) is 0 Å². The highest BCUT2D eigenvalue weighted by molar-refractivity contribution is 5.52. The van der Waals surface area contributed by atoms with E-state index in [0.29, 0.717) is 0 Å². The highest BCUT2D eigenvalue weighted by Crippen LogP contribution is 2.30. The highest BCUT2D eigenvalue weighted by atomic mass is 16.3. The van der Waals surface area contributed by atoms with Crippen molar-refractivity contribution in [3.05, 3.63) is 28.7 Å². The molecule has 1 rings (SSSR count). The van der Waals surface area contributed by atoms with Gasteiger partial charge < -0.3 is 5.11 Å². The molecule has 70 valence electrons. The summed E-state index contributed by atoms with van der Waals surface area (Å²) in [6.07, 6.45) is 0. The number of hydrogen-bond donors (Lipinski definition) is 0. The fraction of sp³-hybridized carbons (Fsp3) is 0.400. The Labute approximate surface area is 77.4 Å². The highest BCUT2D eigenvalue weighted by Gasteiger charge is 2.13. The molecule has 0 bridgehead atoms. The lowest BCUT2D eigenvalue weighted by Gasteiger charge is -2.20. The van der Waals surface area contributed by atoms with Gasteiger partial charge in [-0.25, -0.2) is 0 Å². The Kier molecular flexibility index (Phi) is 2.36. The first-order chi connectivity index (χ1) is 5.95. The molecule has 3 nitrogen and oxygen atoms in total. The van der Waals surface area contributed by atoms with Crippen molar-refractivity contribution in [3.8, 4) is 5.75 Å². The molecule has 0 spiro atoms. The number of benzene rings is 1. The molecule has 0 aliphatic heterocycles. The summed E-state index contributed by atoms with van der Waals surface area (Å²) in [7, 11) is 0. The summed E-state index contributed by atoms with van der Waals surface area (Å²) in [4.78, 5) is 10.3. The van der Waals surface area contributed by atoms with E-state index >= 15 is 0 Å². The zero-order valence-corrected chi connectivity index (χ0v) is 8.00. The SMILES string of the molecule is CC(C)(C)c1ccc([O-])c(N=O)c1. The molecule has 0 aliphatic rings. The van der Waals surface area contributed by atoms with Gasteiger partial charge in [0.25, 0.3) is 0 Å². The lowest BCUT2D eigenvalue weighted by Crippen LogP contribution is -2.10. The lowest BCUT2D eigenvalue weighted by atomic mass is 9.87. The average molecular weight is 178 g/mol. The molecule has 0 amide bonds. The van der Waals surface area contributed by atoms with E-state index in [1.165, 1.54) is 6.07 Å². The van der Waals surface area contributed by atoms with Crippen LogP contribution in [0.4, 0.5) is 5.69 Å². The van der Waals surface area contributed by atoms with Gasteiger partial charge in [-0.1, -0.05) is 38.7 Å². The lowest BCUT2D eigenvalue weighted by molar-refractivity contribution is -0.267. The van der Waals surface area contributed by atoms with Crippen molar-refractivity contribution in [2.45, 2.75) is 26.2 Å². The van der Waals surface area contributed by atoms with E-state index in [4.69, 9.17) is 0 Å². The van der Waals surface area contributed by atoms with Gasteiger partial charge in [0.15, 0.2) is 0 Å². The monoisotopic (exact) mass is 178 g/mol. The second kappa shape index (κ2) is 3.17. The second-order valence-electron chi connectivity index (χ2n) is 4.02. The maximum atomic E-state index is 11.0. The zero-order chi connectivity index (χ0) is 10.1. The van der Waals surface area contributed by atoms with Crippen molar-refractivity contribution in [1.82, 2.24) is 0 Å². The number of hydrogen-bond acceptors (Lipinski definition) is 3. The summed E-state index contributed by atoms with van der Waals surface area (Å²) in [5.41, 5.74) is 0.877. The summed E-state index contributed by atoms with van der Waals surface area (Å²) in [5, 5.41) is 13.7. The fourth-order valence-electron chi connectivity index (χ4n) is 1.06. The van der Waals surface area contributed by atoms with Gasteiger partial charge in [0.1, 0.15) is 0 Å². The van der Waals surface area contributed by atoms with E-state index in [-0.39, 0.29) is 16.9 Å². The van der Waals surface area contributed by atoms with Crippen LogP contribution in [0.15, 0.2) is 23.4 Å². The van der Waals surface area contributed by atoms with Crippen LogP contribution < -0.4 is 5.11 Å². The largest absolute Gasteiger partial charge is 0.871 e. The first-order valence-electron chi connectivity index (χ1n) is 4.10. The minimum atomic E-state index is -0.317. The van der Waals surface area contributed by atoms with Crippen LogP contribution >= 0.6 is 0 Å². The van der Waals surface area contributed by atoms with E-state index in [1.54, 1.807) is 12.1 Å². The van der Waals surface area contributed by atoms with Crippen LogP contribution in [0.1, 0.15) is 26.3 Å². The molecule has 0 N–H and O–H groups in total. The van der Waals surface area contributed by atoms with Crippen LogP contribution in [-0.4, -0.2) is 0 Å². The van der Waals surface area contributed by atoms with Crippen LogP contribution in [0, 0.1) is 4.91 Å². The van der Waals surface area contributed by atoms with Gasteiger partial charge in [-0.15, -0.1) is 4.91 Å². The summed E-state index contributed by atoms with van der Waals surface area (Å²) >= 11 is 0. The summed E-state index contributed by atoms with van der Waals surface area (Å²) in [6.45, 7) is 6.05. The third kappa shape index (κ3) is 2.05. The van der Waals surface area contributed by atoms with E-state index in [0.717, 1.165) is 5.56 Å². The first-order valence-corrected chi connectivity index (χ1v) is 4.10. The molecule has 0 saturated heterocycles. The Bertz CT molecular complexity index is 326. The third-order valence-electron chi connectivity index (χ3n) is 1.92. The normalized spacial score (nSPS) is 11.3. The third-order valence-corrected chi connectivity index (χ3v) is 1.92. The molecule has 0 fully saturated rings. The molecule has 0 unspecified atom stereocenters. The molecule has 3 heteroatoms. The van der Waals surface area contributed by atoms with Crippen molar-refractivity contribution < 1.29 is 5.11 Å². The minimum Gasteiger partial charge on any atom is -0.871 e. The molecule has 0 atom stereocenters. The van der Waals surface area contributed by atoms with Crippen molar-refractivity contribution >= 4 is 5.69 Å². The Morgan fingerprint density at radius 2 is 1.92 bits per heavy atom.